The maximum absolute atomic E-state index is 13.0. The van der Waals surface area contributed by atoms with Gasteiger partial charge in [-0.25, -0.2) is 4.39 Å². The van der Waals surface area contributed by atoms with Crippen LogP contribution in [0.3, 0.4) is 0 Å². The van der Waals surface area contributed by atoms with E-state index in [-0.39, 0.29) is 5.83 Å². The van der Waals surface area contributed by atoms with E-state index in [4.69, 9.17) is 0 Å². The largest absolute Gasteiger partial charge is 0.316 e. The molecule has 2 heteroatoms. The molecule has 1 N–H and O–H groups in total. The smallest absolute Gasteiger partial charge is 0.119 e. The van der Waals surface area contributed by atoms with E-state index < -0.39 is 0 Å². The summed E-state index contributed by atoms with van der Waals surface area (Å²) in [5.74, 6) is 2.22. The van der Waals surface area contributed by atoms with Crippen molar-refractivity contribution in [1.82, 2.24) is 5.32 Å². The Balaban J connectivity index is 1.81. The number of allylic oxidation sites excluding steroid dienone is 4. The van der Waals surface area contributed by atoms with Gasteiger partial charge in [0.25, 0.3) is 0 Å². The first-order chi connectivity index (χ1) is 8.20. The molecule has 1 aliphatic carbocycles. The molecule has 0 aromatic carbocycles. The summed E-state index contributed by atoms with van der Waals surface area (Å²) in [7, 11) is 0. The molecule has 0 bridgehead atoms. The van der Waals surface area contributed by atoms with Crippen molar-refractivity contribution < 1.29 is 4.39 Å². The number of halogens is 1. The van der Waals surface area contributed by atoms with Crippen molar-refractivity contribution in [2.75, 3.05) is 13.1 Å². The molecule has 0 spiro atoms. The molecular formula is C15H24FN. The Morgan fingerprint density at radius 2 is 2.06 bits per heavy atom. The first kappa shape index (κ1) is 12.8. The molecule has 3 unspecified atom stereocenters. The van der Waals surface area contributed by atoms with Crippen LogP contribution in [0.15, 0.2) is 23.6 Å². The monoisotopic (exact) mass is 237 g/mol. The van der Waals surface area contributed by atoms with Crippen molar-refractivity contribution in [1.29, 1.82) is 0 Å². The number of hydrogen-bond acceptors (Lipinski definition) is 1. The molecule has 1 saturated heterocycles. The molecular weight excluding hydrogens is 213 g/mol. The van der Waals surface area contributed by atoms with Crippen LogP contribution >= 0.6 is 0 Å². The minimum Gasteiger partial charge on any atom is -0.316 e. The summed E-state index contributed by atoms with van der Waals surface area (Å²) in [6.07, 6.45) is 8.13. The molecule has 0 radical (unpaired) electrons. The van der Waals surface area contributed by atoms with Crippen LogP contribution in [0.25, 0.3) is 0 Å². The zero-order chi connectivity index (χ0) is 12.3. The molecule has 1 fully saturated rings. The first-order valence-electron chi connectivity index (χ1n) is 6.95. The molecule has 96 valence electrons. The summed E-state index contributed by atoms with van der Waals surface area (Å²) in [5.41, 5.74) is 1.23. The highest BCUT2D eigenvalue weighted by Gasteiger charge is 2.26. The Morgan fingerprint density at radius 3 is 2.76 bits per heavy atom. The van der Waals surface area contributed by atoms with Crippen molar-refractivity contribution >= 4 is 0 Å². The molecule has 2 rings (SSSR count). The second-order valence-corrected chi connectivity index (χ2v) is 5.57. The Morgan fingerprint density at radius 1 is 1.29 bits per heavy atom. The van der Waals surface area contributed by atoms with Crippen molar-refractivity contribution in [2.45, 2.75) is 39.5 Å². The molecule has 17 heavy (non-hydrogen) atoms. The molecule has 0 aromatic rings. The van der Waals surface area contributed by atoms with Crippen molar-refractivity contribution in [3.63, 3.8) is 0 Å². The van der Waals surface area contributed by atoms with Crippen LogP contribution in [-0.2, 0) is 0 Å². The second-order valence-electron chi connectivity index (χ2n) is 5.57. The normalized spacial score (nSPS) is 33.5. The Kier molecular flexibility index (Phi) is 4.38. The van der Waals surface area contributed by atoms with Gasteiger partial charge in [-0.3, -0.25) is 0 Å². The van der Waals surface area contributed by atoms with Gasteiger partial charge >= 0.3 is 0 Å². The van der Waals surface area contributed by atoms with E-state index in [0.29, 0.717) is 5.92 Å². The lowest BCUT2D eigenvalue weighted by Gasteiger charge is -2.23. The number of nitrogens with one attached hydrogen (secondary N) is 1. The predicted molar refractivity (Wildman–Crippen MR) is 70.4 cm³/mol. The van der Waals surface area contributed by atoms with Crippen molar-refractivity contribution in [2.24, 2.45) is 17.8 Å². The highest BCUT2D eigenvalue weighted by Crippen LogP contribution is 2.32. The minimum atomic E-state index is -0.0484. The van der Waals surface area contributed by atoms with Crippen molar-refractivity contribution in [3.05, 3.63) is 23.6 Å². The highest BCUT2D eigenvalue weighted by molar-refractivity contribution is 5.23. The Labute approximate surface area is 104 Å². The maximum atomic E-state index is 13.0. The summed E-state index contributed by atoms with van der Waals surface area (Å²) in [6.45, 7) is 6.73. The van der Waals surface area contributed by atoms with E-state index in [0.717, 1.165) is 18.3 Å². The molecule has 0 saturated carbocycles. The molecule has 1 nitrogen and oxygen atoms in total. The first-order valence-corrected chi connectivity index (χ1v) is 6.95. The highest BCUT2D eigenvalue weighted by atomic mass is 19.1. The van der Waals surface area contributed by atoms with E-state index >= 15 is 0 Å². The molecule has 1 aliphatic heterocycles. The third kappa shape index (κ3) is 3.19. The van der Waals surface area contributed by atoms with Crippen LogP contribution in [0.5, 0.6) is 0 Å². The number of rotatable bonds is 4. The zero-order valence-corrected chi connectivity index (χ0v) is 11.0. The SMILES string of the molecule is CCC1CNCC1CCC1CC=C(F)C=C1C. The van der Waals surface area contributed by atoms with Crippen LogP contribution in [0, 0.1) is 17.8 Å². The number of hydrogen-bond donors (Lipinski definition) is 1. The van der Waals surface area contributed by atoms with E-state index in [9.17, 15) is 4.39 Å². The van der Waals surface area contributed by atoms with Gasteiger partial charge in [-0.1, -0.05) is 18.9 Å². The van der Waals surface area contributed by atoms with Crippen LogP contribution in [-0.4, -0.2) is 13.1 Å². The van der Waals surface area contributed by atoms with Crippen molar-refractivity contribution in [3.8, 4) is 0 Å². The summed E-state index contributed by atoms with van der Waals surface area (Å²) in [6, 6.07) is 0. The van der Waals surface area contributed by atoms with Gasteiger partial charge in [-0.05, 0) is 69.2 Å². The second kappa shape index (κ2) is 5.81. The minimum absolute atomic E-state index is 0.0484. The standard InChI is InChI=1S/C15H24FN/c1-3-12-9-17-10-14(12)5-4-13-6-7-15(16)8-11(13)2/h7-8,12-14,17H,3-6,9-10H2,1-2H3. The van der Waals surface area contributed by atoms with E-state index in [2.05, 4.69) is 19.2 Å². The van der Waals surface area contributed by atoms with Gasteiger partial charge in [0.1, 0.15) is 5.83 Å². The van der Waals surface area contributed by atoms with Gasteiger partial charge in [-0.2, -0.15) is 0 Å². The maximum Gasteiger partial charge on any atom is 0.119 e. The average Bonchev–Trinajstić information content (AvgIpc) is 2.75. The Hall–Kier alpha value is -0.630. The van der Waals surface area contributed by atoms with Gasteiger partial charge in [0, 0.05) is 0 Å². The van der Waals surface area contributed by atoms with Crippen LogP contribution in [0.2, 0.25) is 0 Å². The van der Waals surface area contributed by atoms with Gasteiger partial charge in [-0.15, -0.1) is 0 Å². The topological polar surface area (TPSA) is 12.0 Å². The fourth-order valence-electron chi connectivity index (χ4n) is 3.20. The van der Waals surface area contributed by atoms with Gasteiger partial charge in [0.2, 0.25) is 0 Å². The van der Waals surface area contributed by atoms with Crippen LogP contribution in [0.4, 0.5) is 4.39 Å². The quantitative estimate of drug-likeness (QED) is 0.783. The van der Waals surface area contributed by atoms with E-state index in [1.807, 2.05) is 0 Å². The van der Waals surface area contributed by atoms with Crippen LogP contribution in [0.1, 0.15) is 39.5 Å². The Bertz CT molecular complexity index is 319. The molecule has 3 atom stereocenters. The van der Waals surface area contributed by atoms with Gasteiger partial charge in [0.15, 0.2) is 0 Å². The van der Waals surface area contributed by atoms with Gasteiger partial charge in [0.05, 0.1) is 0 Å². The summed E-state index contributed by atoms with van der Waals surface area (Å²) in [4.78, 5) is 0. The summed E-state index contributed by atoms with van der Waals surface area (Å²) < 4.78 is 13.0. The fourth-order valence-corrected chi connectivity index (χ4v) is 3.20. The average molecular weight is 237 g/mol. The third-order valence-electron chi connectivity index (χ3n) is 4.50. The molecule has 1 heterocycles. The lowest BCUT2D eigenvalue weighted by atomic mass is 9.82. The molecule has 0 aromatic heterocycles. The predicted octanol–water partition coefficient (Wildman–Crippen LogP) is 3.83. The fraction of sp³-hybridized carbons (Fsp3) is 0.733. The third-order valence-corrected chi connectivity index (χ3v) is 4.50. The summed E-state index contributed by atoms with van der Waals surface area (Å²) in [5, 5.41) is 3.49. The molecule has 2 aliphatic rings. The van der Waals surface area contributed by atoms with E-state index in [1.54, 1.807) is 12.2 Å². The van der Waals surface area contributed by atoms with E-state index in [1.165, 1.54) is 37.9 Å². The lowest BCUT2D eigenvalue weighted by molar-refractivity contribution is 0.350. The summed E-state index contributed by atoms with van der Waals surface area (Å²) >= 11 is 0. The lowest BCUT2D eigenvalue weighted by Crippen LogP contribution is -2.14. The van der Waals surface area contributed by atoms with Crippen LogP contribution < -0.4 is 5.32 Å². The van der Waals surface area contributed by atoms with Gasteiger partial charge < -0.3 is 5.32 Å². The zero-order valence-electron chi connectivity index (χ0n) is 11.0. The molecule has 0 amide bonds.